The number of halogens is 1. The molecule has 0 aromatic carbocycles. The molecule has 2 rings (SSSR count). The summed E-state index contributed by atoms with van der Waals surface area (Å²) < 4.78 is 0. The monoisotopic (exact) mass is 211 g/mol. The summed E-state index contributed by atoms with van der Waals surface area (Å²) in [4.78, 5) is 6.57. The second-order valence-electron chi connectivity index (χ2n) is 3.56. The molecule has 0 spiro atoms. The van der Waals surface area contributed by atoms with Gasteiger partial charge in [-0.25, -0.2) is 4.98 Å². The van der Waals surface area contributed by atoms with E-state index < -0.39 is 0 Å². The molecule has 1 aromatic heterocycles. The molecule has 2 heterocycles. The Morgan fingerprint density at radius 3 is 2.93 bits per heavy atom. The fourth-order valence-corrected chi connectivity index (χ4v) is 1.70. The number of likely N-dealkylation sites (tertiary alicyclic amines) is 1. The number of hydrogen-bond donors (Lipinski definition) is 1. The van der Waals surface area contributed by atoms with Crippen LogP contribution in [0.1, 0.15) is 6.92 Å². The van der Waals surface area contributed by atoms with Crippen molar-refractivity contribution >= 4 is 17.4 Å². The van der Waals surface area contributed by atoms with Crippen molar-refractivity contribution in [1.82, 2.24) is 9.88 Å². The van der Waals surface area contributed by atoms with Crippen molar-refractivity contribution in [3.05, 3.63) is 23.4 Å². The van der Waals surface area contributed by atoms with Gasteiger partial charge in [-0.1, -0.05) is 18.5 Å². The van der Waals surface area contributed by atoms with Gasteiger partial charge >= 0.3 is 0 Å². The number of hydrogen-bond acceptors (Lipinski definition) is 3. The van der Waals surface area contributed by atoms with Crippen LogP contribution in [0, 0.1) is 0 Å². The fraction of sp³-hybridized carbons (Fsp3) is 0.500. The molecule has 1 aromatic rings. The largest absolute Gasteiger partial charge is 0.365 e. The standard InChI is InChI=1S/C10H14ClN3/c1-2-14-6-9(7-14)13-10-4-3-8(11)5-12-10/h3-5,9H,2,6-7H2,1H3,(H,12,13). The Balaban J connectivity index is 1.84. The summed E-state index contributed by atoms with van der Waals surface area (Å²) in [6.07, 6.45) is 1.67. The van der Waals surface area contributed by atoms with Gasteiger partial charge in [0, 0.05) is 19.3 Å². The lowest BCUT2D eigenvalue weighted by Gasteiger charge is -2.39. The first-order valence-corrected chi connectivity index (χ1v) is 5.26. The van der Waals surface area contributed by atoms with E-state index in [0.717, 1.165) is 25.5 Å². The van der Waals surface area contributed by atoms with Gasteiger partial charge < -0.3 is 5.32 Å². The van der Waals surface area contributed by atoms with Crippen LogP contribution in [-0.2, 0) is 0 Å². The molecule has 3 nitrogen and oxygen atoms in total. The Hall–Kier alpha value is -0.800. The van der Waals surface area contributed by atoms with E-state index in [0.29, 0.717) is 11.1 Å². The predicted octanol–water partition coefficient (Wildman–Crippen LogP) is 1.85. The van der Waals surface area contributed by atoms with Crippen LogP contribution in [0.5, 0.6) is 0 Å². The van der Waals surface area contributed by atoms with Gasteiger partial charge in [0.2, 0.25) is 0 Å². The van der Waals surface area contributed by atoms with Crippen LogP contribution in [0.4, 0.5) is 5.82 Å². The number of aromatic nitrogens is 1. The van der Waals surface area contributed by atoms with Crippen LogP contribution >= 0.6 is 11.6 Å². The van der Waals surface area contributed by atoms with Gasteiger partial charge in [-0.3, -0.25) is 4.90 Å². The van der Waals surface area contributed by atoms with Crippen molar-refractivity contribution in [2.45, 2.75) is 13.0 Å². The smallest absolute Gasteiger partial charge is 0.126 e. The van der Waals surface area contributed by atoms with Crippen molar-refractivity contribution in [2.75, 3.05) is 25.0 Å². The average molecular weight is 212 g/mol. The number of anilines is 1. The normalized spacial score (nSPS) is 17.9. The average Bonchev–Trinajstić information content (AvgIpc) is 2.13. The maximum atomic E-state index is 5.74. The number of nitrogens with one attached hydrogen (secondary N) is 1. The van der Waals surface area contributed by atoms with Crippen molar-refractivity contribution in [2.24, 2.45) is 0 Å². The Labute approximate surface area is 89.1 Å². The zero-order chi connectivity index (χ0) is 9.97. The Kier molecular flexibility index (Phi) is 2.89. The van der Waals surface area contributed by atoms with Crippen molar-refractivity contribution < 1.29 is 0 Å². The minimum Gasteiger partial charge on any atom is -0.365 e. The van der Waals surface area contributed by atoms with E-state index in [9.17, 15) is 0 Å². The summed E-state index contributed by atoms with van der Waals surface area (Å²) in [6, 6.07) is 4.31. The SMILES string of the molecule is CCN1CC(Nc2ccc(Cl)cn2)C1. The lowest BCUT2D eigenvalue weighted by Crippen LogP contribution is -2.54. The van der Waals surface area contributed by atoms with Gasteiger partial charge in [0.25, 0.3) is 0 Å². The molecule has 1 fully saturated rings. The number of likely N-dealkylation sites (N-methyl/N-ethyl adjacent to an activating group) is 1. The van der Waals surface area contributed by atoms with Crippen LogP contribution < -0.4 is 5.32 Å². The molecule has 0 bridgehead atoms. The zero-order valence-corrected chi connectivity index (χ0v) is 8.96. The molecule has 0 atom stereocenters. The first-order chi connectivity index (χ1) is 6.78. The number of nitrogens with zero attached hydrogens (tertiary/aromatic N) is 2. The van der Waals surface area contributed by atoms with Crippen molar-refractivity contribution in [3.63, 3.8) is 0 Å². The minimum absolute atomic E-state index is 0.545. The summed E-state index contributed by atoms with van der Waals surface area (Å²) >= 11 is 5.74. The second kappa shape index (κ2) is 4.15. The van der Waals surface area contributed by atoms with E-state index in [-0.39, 0.29) is 0 Å². The van der Waals surface area contributed by atoms with Crippen molar-refractivity contribution in [3.8, 4) is 0 Å². The maximum Gasteiger partial charge on any atom is 0.126 e. The highest BCUT2D eigenvalue weighted by molar-refractivity contribution is 6.30. The molecule has 14 heavy (non-hydrogen) atoms. The van der Waals surface area contributed by atoms with Crippen LogP contribution in [0.15, 0.2) is 18.3 Å². The molecule has 0 amide bonds. The van der Waals surface area contributed by atoms with Gasteiger partial charge in [0.1, 0.15) is 5.82 Å². The highest BCUT2D eigenvalue weighted by atomic mass is 35.5. The molecule has 1 N–H and O–H groups in total. The third kappa shape index (κ3) is 2.16. The Bertz CT molecular complexity index is 293. The second-order valence-corrected chi connectivity index (χ2v) is 3.99. The molecule has 0 radical (unpaired) electrons. The van der Waals surface area contributed by atoms with Gasteiger partial charge in [0.15, 0.2) is 0 Å². The quantitative estimate of drug-likeness (QED) is 0.827. The summed E-state index contributed by atoms with van der Waals surface area (Å²) in [5, 5.41) is 4.04. The first-order valence-electron chi connectivity index (χ1n) is 4.88. The number of rotatable bonds is 3. The molecule has 1 saturated heterocycles. The third-order valence-corrected chi connectivity index (χ3v) is 2.71. The van der Waals surface area contributed by atoms with E-state index >= 15 is 0 Å². The van der Waals surface area contributed by atoms with Gasteiger partial charge in [-0.2, -0.15) is 0 Å². The van der Waals surface area contributed by atoms with Crippen LogP contribution in [-0.4, -0.2) is 35.6 Å². The first kappa shape index (κ1) is 9.74. The van der Waals surface area contributed by atoms with Crippen LogP contribution in [0.3, 0.4) is 0 Å². The molecule has 0 saturated carbocycles. The summed E-state index contributed by atoms with van der Waals surface area (Å²) in [7, 11) is 0. The molecular weight excluding hydrogens is 198 g/mol. The molecule has 76 valence electrons. The molecule has 1 aliphatic rings. The lowest BCUT2D eigenvalue weighted by atomic mass is 10.1. The molecule has 4 heteroatoms. The van der Waals surface area contributed by atoms with E-state index in [4.69, 9.17) is 11.6 Å². The highest BCUT2D eigenvalue weighted by Gasteiger charge is 2.24. The van der Waals surface area contributed by atoms with Crippen molar-refractivity contribution in [1.29, 1.82) is 0 Å². The van der Waals surface area contributed by atoms with Crippen LogP contribution in [0.2, 0.25) is 5.02 Å². The fourth-order valence-electron chi connectivity index (χ4n) is 1.59. The summed E-state index contributed by atoms with van der Waals surface area (Å²) in [5.74, 6) is 0.912. The Morgan fingerprint density at radius 2 is 2.36 bits per heavy atom. The lowest BCUT2D eigenvalue weighted by molar-refractivity contribution is 0.171. The maximum absolute atomic E-state index is 5.74. The van der Waals surface area contributed by atoms with E-state index in [2.05, 4.69) is 22.1 Å². The predicted molar refractivity (Wildman–Crippen MR) is 58.8 cm³/mol. The molecule has 0 unspecified atom stereocenters. The summed E-state index contributed by atoms with van der Waals surface area (Å²) in [6.45, 7) is 5.53. The summed E-state index contributed by atoms with van der Waals surface area (Å²) in [5.41, 5.74) is 0. The molecular formula is C10H14ClN3. The highest BCUT2D eigenvalue weighted by Crippen LogP contribution is 2.14. The van der Waals surface area contributed by atoms with E-state index in [1.54, 1.807) is 6.20 Å². The zero-order valence-electron chi connectivity index (χ0n) is 8.20. The van der Waals surface area contributed by atoms with Crippen LogP contribution in [0.25, 0.3) is 0 Å². The minimum atomic E-state index is 0.545. The number of pyridine rings is 1. The van der Waals surface area contributed by atoms with E-state index in [1.807, 2.05) is 12.1 Å². The molecule has 1 aliphatic heterocycles. The topological polar surface area (TPSA) is 28.2 Å². The van der Waals surface area contributed by atoms with Gasteiger partial charge in [0.05, 0.1) is 11.1 Å². The van der Waals surface area contributed by atoms with E-state index in [1.165, 1.54) is 0 Å². The third-order valence-electron chi connectivity index (χ3n) is 2.48. The Morgan fingerprint density at radius 1 is 1.57 bits per heavy atom. The van der Waals surface area contributed by atoms with Gasteiger partial charge in [-0.05, 0) is 18.7 Å². The molecule has 0 aliphatic carbocycles. The van der Waals surface area contributed by atoms with Gasteiger partial charge in [-0.15, -0.1) is 0 Å².